The van der Waals surface area contributed by atoms with Crippen LogP contribution in [-0.2, 0) is 23.9 Å². The molecule has 0 aliphatic heterocycles. The lowest BCUT2D eigenvalue weighted by Gasteiger charge is -2.28. The zero-order valence-corrected chi connectivity index (χ0v) is 21.3. The predicted molar refractivity (Wildman–Crippen MR) is 130 cm³/mol. The van der Waals surface area contributed by atoms with E-state index in [9.17, 15) is 29.1 Å². The van der Waals surface area contributed by atoms with Gasteiger partial charge in [0.25, 0.3) is 0 Å². The monoisotopic (exact) mass is 516 g/mol. The molecule has 0 aliphatic carbocycles. The van der Waals surface area contributed by atoms with E-state index in [1.807, 2.05) is 6.92 Å². The molecular formula is C22H40N6O8. The van der Waals surface area contributed by atoms with Crippen LogP contribution in [0.25, 0.3) is 0 Å². The first-order valence-corrected chi connectivity index (χ1v) is 11.8. The molecule has 14 nitrogen and oxygen atoms in total. The van der Waals surface area contributed by atoms with Crippen LogP contribution in [0, 0.1) is 11.3 Å². The van der Waals surface area contributed by atoms with Crippen LogP contribution in [0.4, 0.5) is 9.59 Å². The fraction of sp³-hybridized carbons (Fsp3) is 0.727. The van der Waals surface area contributed by atoms with Crippen molar-refractivity contribution in [3.05, 3.63) is 0 Å². The van der Waals surface area contributed by atoms with Gasteiger partial charge in [0.15, 0.2) is 11.7 Å². The Hall–Kier alpha value is -3.26. The van der Waals surface area contributed by atoms with Crippen LogP contribution in [0.3, 0.4) is 0 Å². The summed E-state index contributed by atoms with van der Waals surface area (Å²) in [6.45, 7) is 5.72. The summed E-state index contributed by atoms with van der Waals surface area (Å²) in [5.74, 6) is -2.19. The molecule has 0 heterocycles. The summed E-state index contributed by atoms with van der Waals surface area (Å²) in [5.41, 5.74) is 10.9. The standard InChI is InChI=1S/C22H40N6O8/c1-5-6-9-35-21(33)28(22(34)36-12-13(2)3)17(11-30)19(32)26-14(4)18(31)16(27-20(24)25)8-7-15(23)10-29/h10,13-17,30H,5-9,11-12,23H2,1-4H3,(H,26,32)(H4,24,25,27)/t14-,15-,16?,17-/m0/s1. The van der Waals surface area contributed by atoms with Crippen LogP contribution in [0.5, 0.6) is 0 Å². The maximum Gasteiger partial charge on any atom is 0.420 e. The van der Waals surface area contributed by atoms with Crippen LogP contribution in [-0.4, -0.2) is 90.1 Å². The van der Waals surface area contributed by atoms with Crippen molar-refractivity contribution in [3.63, 3.8) is 0 Å². The molecule has 0 aromatic rings. The lowest BCUT2D eigenvalue weighted by molar-refractivity contribution is -0.131. The molecule has 0 bridgehead atoms. The van der Waals surface area contributed by atoms with Gasteiger partial charge in [0.05, 0.1) is 37.9 Å². The molecule has 36 heavy (non-hydrogen) atoms. The first kappa shape index (κ1) is 32.7. The third-order valence-corrected chi connectivity index (χ3v) is 4.87. The third kappa shape index (κ3) is 11.9. The molecule has 0 saturated heterocycles. The number of carbonyl (C=O) groups is 5. The minimum atomic E-state index is -1.74. The maximum absolute atomic E-state index is 12.9. The molecule has 0 spiro atoms. The fourth-order valence-electron chi connectivity index (χ4n) is 2.87. The Morgan fingerprint density at radius 2 is 1.69 bits per heavy atom. The van der Waals surface area contributed by atoms with Gasteiger partial charge in [-0.05, 0) is 32.1 Å². The van der Waals surface area contributed by atoms with E-state index in [4.69, 9.17) is 26.4 Å². The molecule has 0 radical (unpaired) electrons. The topological polar surface area (TPSA) is 227 Å². The third-order valence-electron chi connectivity index (χ3n) is 4.87. The number of aliphatic hydroxyl groups is 1. The van der Waals surface area contributed by atoms with Crippen molar-refractivity contribution in [2.75, 3.05) is 19.8 Å². The predicted octanol–water partition coefficient (Wildman–Crippen LogP) is -0.390. The number of ether oxygens (including phenoxy) is 2. The number of nitrogens with one attached hydrogen (secondary N) is 3. The first-order chi connectivity index (χ1) is 16.9. The van der Waals surface area contributed by atoms with Gasteiger partial charge >= 0.3 is 12.2 Å². The number of rotatable bonds is 16. The Kier molecular flexibility index (Phi) is 15.7. The van der Waals surface area contributed by atoms with Crippen molar-refractivity contribution in [1.29, 1.82) is 5.41 Å². The van der Waals surface area contributed by atoms with Crippen molar-refractivity contribution in [2.24, 2.45) is 17.4 Å². The largest absolute Gasteiger partial charge is 0.449 e. The highest BCUT2D eigenvalue weighted by atomic mass is 16.6. The van der Waals surface area contributed by atoms with Gasteiger partial charge in [0, 0.05) is 0 Å². The van der Waals surface area contributed by atoms with Gasteiger partial charge in [-0.3, -0.25) is 15.0 Å². The van der Waals surface area contributed by atoms with E-state index in [1.54, 1.807) is 13.8 Å². The van der Waals surface area contributed by atoms with Crippen molar-refractivity contribution in [1.82, 2.24) is 15.5 Å². The highest BCUT2D eigenvalue weighted by Gasteiger charge is 2.38. The van der Waals surface area contributed by atoms with E-state index in [0.29, 0.717) is 24.0 Å². The Balaban J connectivity index is 5.64. The number of unbranched alkanes of at least 4 members (excludes halogenated alkanes) is 1. The normalized spacial score (nSPS) is 14.1. The van der Waals surface area contributed by atoms with Gasteiger partial charge in [-0.25, -0.2) is 9.59 Å². The second kappa shape index (κ2) is 17.2. The summed E-state index contributed by atoms with van der Waals surface area (Å²) < 4.78 is 10.1. The van der Waals surface area contributed by atoms with Crippen LogP contribution >= 0.6 is 0 Å². The molecule has 0 aromatic heterocycles. The van der Waals surface area contributed by atoms with Crippen LogP contribution < -0.4 is 22.1 Å². The van der Waals surface area contributed by atoms with Gasteiger partial charge in [0.1, 0.15) is 12.3 Å². The van der Waals surface area contributed by atoms with E-state index in [2.05, 4.69) is 10.6 Å². The second-order valence-corrected chi connectivity index (χ2v) is 8.63. The summed E-state index contributed by atoms with van der Waals surface area (Å²) in [6.07, 6.45) is -0.471. The molecule has 0 fully saturated rings. The minimum Gasteiger partial charge on any atom is -0.449 e. The quantitative estimate of drug-likeness (QED) is 0.0669. The van der Waals surface area contributed by atoms with Crippen LogP contribution in [0.15, 0.2) is 0 Å². The van der Waals surface area contributed by atoms with E-state index < -0.39 is 60.6 Å². The molecule has 3 amide bonds. The number of nitrogens with two attached hydrogens (primary N) is 2. The SMILES string of the molecule is CCCCOC(=O)N(C(=O)OCC(C)C)[C@@H](CO)C(=O)N[C@@H](C)C(=O)C(CC[C@H](N)C=O)NC(=N)N. The number of amides is 3. The average Bonchev–Trinajstić information content (AvgIpc) is 2.82. The van der Waals surface area contributed by atoms with Gasteiger partial charge in [-0.1, -0.05) is 27.2 Å². The van der Waals surface area contributed by atoms with E-state index >= 15 is 0 Å². The maximum atomic E-state index is 12.9. The Labute approximate surface area is 210 Å². The Morgan fingerprint density at radius 1 is 1.08 bits per heavy atom. The van der Waals surface area contributed by atoms with Crippen molar-refractivity contribution in [3.8, 4) is 0 Å². The second-order valence-electron chi connectivity index (χ2n) is 8.63. The molecular weight excluding hydrogens is 476 g/mol. The molecule has 1 unspecified atom stereocenters. The van der Waals surface area contributed by atoms with E-state index in [0.717, 1.165) is 0 Å². The van der Waals surface area contributed by atoms with Crippen LogP contribution in [0.2, 0.25) is 0 Å². The summed E-state index contributed by atoms with van der Waals surface area (Å²) in [6, 6.07) is -4.82. The smallest absolute Gasteiger partial charge is 0.420 e. The lowest BCUT2D eigenvalue weighted by atomic mass is 9.99. The summed E-state index contributed by atoms with van der Waals surface area (Å²) >= 11 is 0. The van der Waals surface area contributed by atoms with Crippen LogP contribution in [0.1, 0.15) is 53.4 Å². The number of ketones is 1. The van der Waals surface area contributed by atoms with Gasteiger partial charge in [0.2, 0.25) is 5.91 Å². The molecule has 0 saturated carbocycles. The highest BCUT2D eigenvalue weighted by molar-refractivity contribution is 5.99. The highest BCUT2D eigenvalue weighted by Crippen LogP contribution is 2.10. The number of hydrogen-bond donors (Lipinski definition) is 6. The molecule has 14 heteroatoms. The zero-order valence-electron chi connectivity index (χ0n) is 21.3. The zero-order chi connectivity index (χ0) is 27.8. The molecule has 4 atom stereocenters. The number of carbonyl (C=O) groups excluding carboxylic acids is 5. The van der Waals surface area contributed by atoms with Crippen molar-refractivity contribution < 1.29 is 38.6 Å². The molecule has 8 N–H and O–H groups in total. The fourth-order valence-corrected chi connectivity index (χ4v) is 2.87. The number of guanidine groups is 1. The first-order valence-electron chi connectivity index (χ1n) is 11.8. The molecule has 0 aromatic carbocycles. The number of hydrogen-bond acceptors (Lipinski definition) is 10. The van der Waals surface area contributed by atoms with Gasteiger partial charge in [-0.2, -0.15) is 4.90 Å². The van der Waals surface area contributed by atoms with Crippen molar-refractivity contribution >= 4 is 36.1 Å². The average molecular weight is 517 g/mol. The number of aliphatic hydroxyl groups excluding tert-OH is 1. The number of aldehydes is 1. The molecule has 0 aliphatic rings. The summed E-state index contributed by atoms with van der Waals surface area (Å²) in [5, 5.41) is 22.1. The summed E-state index contributed by atoms with van der Waals surface area (Å²) in [4.78, 5) is 62.2. The molecule has 0 rings (SSSR count). The molecule has 206 valence electrons. The Bertz CT molecular complexity index is 763. The van der Waals surface area contributed by atoms with Crippen molar-refractivity contribution in [2.45, 2.75) is 77.5 Å². The Morgan fingerprint density at radius 3 is 2.19 bits per heavy atom. The number of nitrogens with zero attached hydrogens (tertiary/aromatic N) is 1. The van der Waals surface area contributed by atoms with E-state index in [-0.39, 0.29) is 32.0 Å². The minimum absolute atomic E-state index is 0.0146. The summed E-state index contributed by atoms with van der Waals surface area (Å²) in [7, 11) is 0. The number of Topliss-reactive ketones (excluding diaryl/α,β-unsaturated/α-hetero) is 1. The van der Waals surface area contributed by atoms with E-state index in [1.165, 1.54) is 6.92 Å². The van der Waals surface area contributed by atoms with Gasteiger partial charge in [-0.15, -0.1) is 0 Å². The van der Waals surface area contributed by atoms with Gasteiger partial charge < -0.3 is 41.5 Å². The number of imide groups is 1. The lowest BCUT2D eigenvalue weighted by Crippen LogP contribution is -2.58.